The van der Waals surface area contributed by atoms with E-state index in [4.69, 9.17) is 0 Å². The highest BCUT2D eigenvalue weighted by Crippen LogP contribution is 2.40. The molecule has 0 bridgehead atoms. The second-order valence-corrected chi connectivity index (χ2v) is 10.4. The summed E-state index contributed by atoms with van der Waals surface area (Å²) in [7, 11) is 0. The third-order valence-corrected chi connectivity index (χ3v) is 7.70. The van der Waals surface area contributed by atoms with E-state index in [1.165, 1.54) is 39.8 Å². The van der Waals surface area contributed by atoms with Crippen molar-refractivity contribution in [3.8, 4) is 0 Å². The minimum absolute atomic E-state index is 0.0461. The summed E-state index contributed by atoms with van der Waals surface area (Å²) in [6.45, 7) is 18.7. The summed E-state index contributed by atoms with van der Waals surface area (Å²) < 4.78 is 0. The first kappa shape index (κ1) is 24.7. The van der Waals surface area contributed by atoms with Gasteiger partial charge in [0.25, 0.3) is 0 Å². The lowest BCUT2D eigenvalue weighted by Crippen LogP contribution is -2.26. The van der Waals surface area contributed by atoms with Crippen molar-refractivity contribution in [1.29, 1.82) is 0 Å². The van der Waals surface area contributed by atoms with E-state index in [0.29, 0.717) is 11.3 Å². The van der Waals surface area contributed by atoms with Gasteiger partial charge in [0.05, 0.1) is 0 Å². The van der Waals surface area contributed by atoms with Crippen molar-refractivity contribution < 1.29 is 5.11 Å². The number of aryl methyl sites for hydroxylation is 3. The van der Waals surface area contributed by atoms with E-state index in [1.54, 1.807) is 0 Å². The second kappa shape index (κ2) is 10.1. The van der Waals surface area contributed by atoms with Gasteiger partial charge in [0.15, 0.2) is 0 Å². The Morgan fingerprint density at radius 1 is 0.800 bits per heavy atom. The van der Waals surface area contributed by atoms with Crippen LogP contribution in [0.5, 0.6) is 0 Å². The molecule has 2 aromatic carbocycles. The van der Waals surface area contributed by atoms with Gasteiger partial charge in [-0.25, -0.2) is 0 Å². The number of rotatable bonds is 9. The molecule has 0 spiro atoms. The molecule has 30 heavy (non-hydrogen) atoms. The van der Waals surface area contributed by atoms with E-state index in [-0.39, 0.29) is 12.0 Å². The minimum Gasteiger partial charge on any atom is -0.396 e. The second-order valence-electron chi connectivity index (χ2n) is 10.4. The molecule has 166 valence electrons. The lowest BCUT2D eigenvalue weighted by Gasteiger charge is -2.34. The van der Waals surface area contributed by atoms with E-state index in [9.17, 15) is 5.11 Å². The fourth-order valence-corrected chi connectivity index (χ4v) is 4.71. The van der Waals surface area contributed by atoms with Crippen LogP contribution in [0.25, 0.3) is 0 Å². The minimum atomic E-state index is 0.0461. The van der Waals surface area contributed by atoms with Gasteiger partial charge in [-0.2, -0.15) is 0 Å². The van der Waals surface area contributed by atoms with Crippen molar-refractivity contribution in [3.63, 3.8) is 0 Å². The predicted molar refractivity (Wildman–Crippen MR) is 131 cm³/mol. The van der Waals surface area contributed by atoms with Gasteiger partial charge in [0.2, 0.25) is 0 Å². The van der Waals surface area contributed by atoms with E-state index in [0.717, 1.165) is 25.7 Å². The Kier molecular flexibility index (Phi) is 8.34. The van der Waals surface area contributed by atoms with Crippen LogP contribution in [0.3, 0.4) is 0 Å². The normalized spacial score (nSPS) is 13.5. The molecular weight excluding hydrogens is 364 g/mol. The first-order valence-electron chi connectivity index (χ1n) is 11.9. The van der Waals surface area contributed by atoms with Gasteiger partial charge in [0.1, 0.15) is 0 Å². The van der Waals surface area contributed by atoms with Gasteiger partial charge < -0.3 is 5.11 Å². The summed E-state index contributed by atoms with van der Waals surface area (Å²) in [5.74, 6) is 0.711. The number of aliphatic hydroxyl groups excluding tert-OH is 1. The molecule has 0 saturated carbocycles. The molecule has 0 fully saturated rings. The Balaban J connectivity index is 2.36. The molecular formula is C29H44O. The Morgan fingerprint density at radius 2 is 1.27 bits per heavy atom. The summed E-state index contributed by atoms with van der Waals surface area (Å²) in [6.07, 6.45) is 5.30. The van der Waals surface area contributed by atoms with Crippen molar-refractivity contribution in [3.05, 3.63) is 69.8 Å². The fraction of sp³-hybridized carbons (Fsp3) is 0.586. The fourth-order valence-electron chi connectivity index (χ4n) is 4.71. The number of aliphatic hydroxyl groups is 1. The molecule has 0 aliphatic heterocycles. The van der Waals surface area contributed by atoms with Gasteiger partial charge in [-0.05, 0) is 90.7 Å². The Hall–Kier alpha value is -1.60. The molecule has 0 heterocycles. The van der Waals surface area contributed by atoms with Gasteiger partial charge in [-0.15, -0.1) is 0 Å². The molecule has 2 aromatic rings. The molecule has 1 N–H and O–H groups in total. The van der Waals surface area contributed by atoms with Crippen LogP contribution in [0.1, 0.15) is 94.2 Å². The van der Waals surface area contributed by atoms with Crippen LogP contribution in [0.4, 0.5) is 0 Å². The Bertz CT molecular complexity index is 821. The SMILES string of the molecule is CCC(CC)(c1ccc(CCO)c(C)c1)c1ccc(CCC(C)C(C)(C)C)c(C)c1. The first-order chi connectivity index (χ1) is 14.1. The summed E-state index contributed by atoms with van der Waals surface area (Å²) >= 11 is 0. The van der Waals surface area contributed by atoms with Gasteiger partial charge in [-0.1, -0.05) is 77.9 Å². The highest BCUT2D eigenvalue weighted by Gasteiger charge is 2.31. The quantitative estimate of drug-likeness (QED) is 0.454. The summed E-state index contributed by atoms with van der Waals surface area (Å²) in [4.78, 5) is 0. The lowest BCUT2D eigenvalue weighted by atomic mass is 9.69. The van der Waals surface area contributed by atoms with Crippen LogP contribution in [0.2, 0.25) is 0 Å². The van der Waals surface area contributed by atoms with Gasteiger partial charge >= 0.3 is 0 Å². The molecule has 0 saturated heterocycles. The van der Waals surface area contributed by atoms with E-state index < -0.39 is 0 Å². The number of hydrogen-bond donors (Lipinski definition) is 1. The van der Waals surface area contributed by atoms with Crippen LogP contribution < -0.4 is 0 Å². The van der Waals surface area contributed by atoms with Crippen molar-refractivity contribution in [2.45, 2.75) is 92.9 Å². The maximum absolute atomic E-state index is 9.32. The Labute approximate surface area is 185 Å². The van der Waals surface area contributed by atoms with Crippen molar-refractivity contribution in [1.82, 2.24) is 0 Å². The summed E-state index contributed by atoms with van der Waals surface area (Å²) in [5, 5.41) is 9.32. The molecule has 1 heteroatoms. The van der Waals surface area contributed by atoms with E-state index in [1.807, 2.05) is 0 Å². The molecule has 1 unspecified atom stereocenters. The third-order valence-electron chi connectivity index (χ3n) is 7.70. The van der Waals surface area contributed by atoms with Crippen LogP contribution in [0, 0.1) is 25.2 Å². The van der Waals surface area contributed by atoms with E-state index >= 15 is 0 Å². The maximum atomic E-state index is 9.32. The average molecular weight is 409 g/mol. The zero-order chi connectivity index (χ0) is 22.5. The van der Waals surface area contributed by atoms with E-state index in [2.05, 4.69) is 91.8 Å². The molecule has 0 aromatic heterocycles. The molecule has 0 aliphatic rings. The third kappa shape index (κ3) is 5.35. The maximum Gasteiger partial charge on any atom is 0.0471 e. The number of benzene rings is 2. The molecule has 0 aliphatic carbocycles. The van der Waals surface area contributed by atoms with Crippen molar-refractivity contribution in [2.75, 3.05) is 6.61 Å². The van der Waals surface area contributed by atoms with Crippen molar-refractivity contribution in [2.24, 2.45) is 11.3 Å². The predicted octanol–water partition coefficient (Wildman–Crippen LogP) is 7.56. The highest BCUT2D eigenvalue weighted by atomic mass is 16.2. The van der Waals surface area contributed by atoms with Crippen LogP contribution >= 0.6 is 0 Å². The van der Waals surface area contributed by atoms with Crippen LogP contribution in [-0.2, 0) is 18.3 Å². The average Bonchev–Trinajstić information content (AvgIpc) is 2.69. The molecule has 2 rings (SSSR count). The largest absolute Gasteiger partial charge is 0.396 e. The topological polar surface area (TPSA) is 20.2 Å². The molecule has 1 atom stereocenters. The molecule has 1 nitrogen and oxygen atoms in total. The van der Waals surface area contributed by atoms with Crippen LogP contribution in [-0.4, -0.2) is 11.7 Å². The monoisotopic (exact) mass is 408 g/mol. The van der Waals surface area contributed by atoms with Crippen molar-refractivity contribution >= 4 is 0 Å². The zero-order valence-electron chi connectivity index (χ0n) is 20.7. The first-order valence-corrected chi connectivity index (χ1v) is 11.9. The summed E-state index contributed by atoms with van der Waals surface area (Å²) in [6, 6.07) is 14.1. The summed E-state index contributed by atoms with van der Waals surface area (Å²) in [5.41, 5.74) is 8.71. The molecule has 0 radical (unpaired) electrons. The highest BCUT2D eigenvalue weighted by molar-refractivity contribution is 5.45. The Morgan fingerprint density at radius 3 is 1.63 bits per heavy atom. The van der Waals surface area contributed by atoms with Gasteiger partial charge in [-0.3, -0.25) is 0 Å². The lowest BCUT2D eigenvalue weighted by molar-refractivity contribution is 0.247. The smallest absolute Gasteiger partial charge is 0.0471 e. The molecule has 0 amide bonds. The van der Waals surface area contributed by atoms with Gasteiger partial charge in [0, 0.05) is 12.0 Å². The van der Waals surface area contributed by atoms with Crippen LogP contribution in [0.15, 0.2) is 36.4 Å². The standard InChI is InChI=1S/C29H44O/c1-9-29(10-2,27-16-14-25(17-18-30)22(4)20-27)26-15-13-24(21(3)19-26)12-11-23(5)28(6,7)8/h13-16,19-20,23,30H,9-12,17-18H2,1-8H3. The zero-order valence-corrected chi connectivity index (χ0v) is 20.7. The number of hydrogen-bond acceptors (Lipinski definition) is 1.